The average molecular weight is 321 g/mol. The third-order valence-electron chi connectivity index (χ3n) is 4.71. The van der Waals surface area contributed by atoms with E-state index in [0.29, 0.717) is 37.2 Å². The summed E-state index contributed by atoms with van der Waals surface area (Å²) in [5.74, 6) is -0.352. The molecule has 0 radical (unpaired) electrons. The van der Waals surface area contributed by atoms with Crippen molar-refractivity contribution in [3.63, 3.8) is 0 Å². The van der Waals surface area contributed by atoms with Gasteiger partial charge in [0.1, 0.15) is 5.75 Å². The van der Waals surface area contributed by atoms with Crippen LogP contribution in [0.4, 0.5) is 0 Å². The highest BCUT2D eigenvalue weighted by molar-refractivity contribution is 5.95. The molecule has 0 aliphatic carbocycles. The van der Waals surface area contributed by atoms with Gasteiger partial charge in [0.15, 0.2) is 0 Å². The van der Waals surface area contributed by atoms with Crippen molar-refractivity contribution in [1.29, 1.82) is 0 Å². The van der Waals surface area contributed by atoms with Crippen LogP contribution in [0, 0.1) is 12.3 Å². The Morgan fingerprint density at radius 2 is 1.96 bits per heavy atom. The third-order valence-corrected chi connectivity index (χ3v) is 4.71. The minimum absolute atomic E-state index is 0.119. The number of methoxy groups -OCH3 is 1. The van der Waals surface area contributed by atoms with Gasteiger partial charge in [-0.2, -0.15) is 0 Å². The number of carboxylic acid groups (broad SMARTS) is 1. The van der Waals surface area contributed by atoms with Gasteiger partial charge in [0.25, 0.3) is 5.91 Å². The summed E-state index contributed by atoms with van der Waals surface area (Å²) in [6, 6.07) is 5.31. The number of amides is 1. The highest BCUT2D eigenvalue weighted by Gasteiger charge is 2.41. The Labute approximate surface area is 135 Å². The maximum Gasteiger partial charge on any atom is 0.309 e. The van der Waals surface area contributed by atoms with Crippen LogP contribution in [0.3, 0.4) is 0 Å². The van der Waals surface area contributed by atoms with E-state index in [0.717, 1.165) is 5.56 Å². The second-order valence-electron chi connectivity index (χ2n) is 6.04. The topological polar surface area (TPSA) is 87.1 Å². The molecular formula is C17H23NO5. The number of hydrogen-bond donors (Lipinski definition) is 2. The fraction of sp³-hybridized carbons (Fsp3) is 0.529. The molecule has 2 N–H and O–H groups in total. The molecule has 0 bridgehead atoms. The van der Waals surface area contributed by atoms with Crippen molar-refractivity contribution in [3.05, 3.63) is 29.3 Å². The Balaban J connectivity index is 2.10. The maximum atomic E-state index is 12.6. The van der Waals surface area contributed by atoms with Gasteiger partial charge in [-0.15, -0.1) is 0 Å². The molecule has 2 rings (SSSR count). The van der Waals surface area contributed by atoms with Gasteiger partial charge in [-0.3, -0.25) is 9.59 Å². The van der Waals surface area contributed by atoms with Crippen molar-refractivity contribution in [2.75, 3.05) is 26.8 Å². The van der Waals surface area contributed by atoms with Crippen LogP contribution in [-0.4, -0.2) is 53.8 Å². The van der Waals surface area contributed by atoms with Crippen LogP contribution in [0.1, 0.15) is 35.2 Å². The van der Waals surface area contributed by atoms with Crippen molar-refractivity contribution in [2.24, 2.45) is 5.41 Å². The number of aryl methyl sites for hydroxylation is 1. The lowest BCUT2D eigenvalue weighted by Crippen LogP contribution is -2.47. The van der Waals surface area contributed by atoms with Crippen LogP contribution in [0.5, 0.6) is 5.75 Å². The van der Waals surface area contributed by atoms with Crippen LogP contribution in [-0.2, 0) is 4.79 Å². The van der Waals surface area contributed by atoms with Gasteiger partial charge in [-0.25, -0.2) is 0 Å². The summed E-state index contributed by atoms with van der Waals surface area (Å²) in [7, 11) is 1.56. The van der Waals surface area contributed by atoms with E-state index < -0.39 is 11.4 Å². The third kappa shape index (κ3) is 3.47. The lowest BCUT2D eigenvalue weighted by atomic mass is 9.76. The standard InChI is InChI=1S/C17H23NO5/c1-12-3-4-13(11-14(12)23-2)15(20)18-8-5-17(6-9-18,7-10-19)16(21)22/h3-4,11,19H,5-10H2,1-2H3,(H,21,22). The van der Waals surface area contributed by atoms with E-state index in [4.69, 9.17) is 9.84 Å². The maximum absolute atomic E-state index is 12.6. The van der Waals surface area contributed by atoms with E-state index in [1.54, 1.807) is 24.1 Å². The number of aliphatic hydroxyl groups excluding tert-OH is 1. The normalized spacial score (nSPS) is 16.9. The molecule has 6 heteroatoms. The highest BCUT2D eigenvalue weighted by atomic mass is 16.5. The van der Waals surface area contributed by atoms with Gasteiger partial charge in [0.2, 0.25) is 0 Å². The minimum Gasteiger partial charge on any atom is -0.496 e. The Morgan fingerprint density at radius 1 is 1.30 bits per heavy atom. The van der Waals surface area contributed by atoms with Crippen molar-refractivity contribution >= 4 is 11.9 Å². The molecule has 1 aliphatic heterocycles. The number of aliphatic carboxylic acids is 1. The van der Waals surface area contributed by atoms with Crippen LogP contribution in [0.15, 0.2) is 18.2 Å². The first kappa shape index (κ1) is 17.3. The molecule has 0 unspecified atom stereocenters. The molecule has 1 aromatic rings. The molecule has 6 nitrogen and oxygen atoms in total. The lowest BCUT2D eigenvalue weighted by Gasteiger charge is -2.38. The molecule has 1 saturated heterocycles. The fourth-order valence-corrected chi connectivity index (χ4v) is 3.06. The summed E-state index contributed by atoms with van der Waals surface area (Å²) < 4.78 is 5.24. The number of carbonyl (C=O) groups is 2. The minimum atomic E-state index is -0.920. The van der Waals surface area contributed by atoms with Gasteiger partial charge in [0, 0.05) is 25.3 Å². The number of nitrogens with zero attached hydrogens (tertiary/aromatic N) is 1. The van der Waals surface area contributed by atoms with Crippen LogP contribution < -0.4 is 4.74 Å². The van der Waals surface area contributed by atoms with Crippen molar-refractivity contribution < 1.29 is 24.5 Å². The molecule has 1 heterocycles. The van der Waals surface area contributed by atoms with E-state index in [1.165, 1.54) is 0 Å². The summed E-state index contributed by atoms with van der Waals surface area (Å²) in [5, 5.41) is 18.5. The monoisotopic (exact) mass is 321 g/mol. The largest absolute Gasteiger partial charge is 0.496 e. The average Bonchev–Trinajstić information content (AvgIpc) is 2.55. The van der Waals surface area contributed by atoms with Crippen LogP contribution in [0.2, 0.25) is 0 Å². The van der Waals surface area contributed by atoms with E-state index in [1.807, 2.05) is 13.0 Å². The van der Waals surface area contributed by atoms with Gasteiger partial charge in [-0.05, 0) is 43.9 Å². The van der Waals surface area contributed by atoms with Gasteiger partial charge >= 0.3 is 5.97 Å². The lowest BCUT2D eigenvalue weighted by molar-refractivity contribution is -0.153. The van der Waals surface area contributed by atoms with E-state index in [9.17, 15) is 14.7 Å². The van der Waals surface area contributed by atoms with Crippen molar-refractivity contribution in [1.82, 2.24) is 4.90 Å². The first-order chi connectivity index (χ1) is 10.9. The number of likely N-dealkylation sites (tertiary alicyclic amines) is 1. The second kappa shape index (κ2) is 7.00. The molecule has 0 aromatic heterocycles. The van der Waals surface area contributed by atoms with Gasteiger partial charge in [-0.1, -0.05) is 6.07 Å². The Hall–Kier alpha value is -2.08. The zero-order valence-electron chi connectivity index (χ0n) is 13.5. The summed E-state index contributed by atoms with van der Waals surface area (Å²) in [5.41, 5.74) is 0.573. The molecule has 126 valence electrons. The predicted octanol–water partition coefficient (Wildman–Crippen LogP) is 1.69. The number of piperidine rings is 1. The molecular weight excluding hydrogens is 298 g/mol. The molecule has 23 heavy (non-hydrogen) atoms. The predicted molar refractivity (Wildman–Crippen MR) is 84.6 cm³/mol. The summed E-state index contributed by atoms with van der Waals surface area (Å²) >= 11 is 0. The highest BCUT2D eigenvalue weighted by Crippen LogP contribution is 2.35. The number of aliphatic hydroxyl groups is 1. The number of carbonyl (C=O) groups excluding carboxylic acids is 1. The van der Waals surface area contributed by atoms with E-state index >= 15 is 0 Å². The number of hydrogen-bond acceptors (Lipinski definition) is 4. The number of ether oxygens (including phenoxy) is 1. The zero-order valence-corrected chi connectivity index (χ0v) is 13.5. The van der Waals surface area contributed by atoms with Crippen LogP contribution >= 0.6 is 0 Å². The zero-order chi connectivity index (χ0) is 17.0. The fourth-order valence-electron chi connectivity index (χ4n) is 3.06. The summed E-state index contributed by atoms with van der Waals surface area (Å²) in [4.78, 5) is 25.8. The van der Waals surface area contributed by atoms with Gasteiger partial charge in [0.05, 0.1) is 12.5 Å². The van der Waals surface area contributed by atoms with E-state index in [2.05, 4.69) is 0 Å². The molecule has 1 fully saturated rings. The number of rotatable bonds is 5. The van der Waals surface area contributed by atoms with Crippen LogP contribution in [0.25, 0.3) is 0 Å². The van der Waals surface area contributed by atoms with Gasteiger partial charge < -0.3 is 19.8 Å². The summed E-state index contributed by atoms with van der Waals surface area (Å²) in [6.07, 6.45) is 0.942. The molecule has 0 spiro atoms. The first-order valence-corrected chi connectivity index (χ1v) is 7.72. The SMILES string of the molecule is COc1cc(C(=O)N2CCC(CCO)(C(=O)O)CC2)ccc1C. The molecule has 1 amide bonds. The molecule has 1 aliphatic rings. The Morgan fingerprint density at radius 3 is 2.48 bits per heavy atom. The number of carboxylic acids is 1. The van der Waals surface area contributed by atoms with E-state index in [-0.39, 0.29) is 18.9 Å². The Kier molecular flexibility index (Phi) is 5.26. The molecule has 0 atom stereocenters. The smallest absolute Gasteiger partial charge is 0.309 e. The Bertz CT molecular complexity index is 591. The summed E-state index contributed by atoms with van der Waals surface area (Å²) in [6.45, 7) is 2.50. The van der Waals surface area contributed by atoms with Crippen molar-refractivity contribution in [2.45, 2.75) is 26.2 Å². The molecule has 1 aromatic carbocycles. The first-order valence-electron chi connectivity index (χ1n) is 7.72. The number of benzene rings is 1. The molecule has 0 saturated carbocycles. The van der Waals surface area contributed by atoms with Crippen molar-refractivity contribution in [3.8, 4) is 5.75 Å². The quantitative estimate of drug-likeness (QED) is 0.862. The second-order valence-corrected chi connectivity index (χ2v) is 6.04.